The van der Waals surface area contributed by atoms with Crippen molar-refractivity contribution in [2.24, 2.45) is 5.92 Å². The minimum atomic E-state index is -1.11. The molecule has 0 aliphatic rings. The Morgan fingerprint density at radius 2 is 1.71 bits per heavy atom. The molecule has 0 aliphatic heterocycles. The van der Waals surface area contributed by atoms with Crippen molar-refractivity contribution in [3.63, 3.8) is 0 Å². The van der Waals surface area contributed by atoms with Gasteiger partial charge in [-0.05, 0) is 36.8 Å². The third kappa shape index (κ3) is 5.21. The van der Waals surface area contributed by atoms with E-state index in [2.05, 4.69) is 13.8 Å². The summed E-state index contributed by atoms with van der Waals surface area (Å²) in [6.07, 6.45) is 0.192. The fourth-order valence-corrected chi connectivity index (χ4v) is 2.10. The van der Waals surface area contributed by atoms with Gasteiger partial charge in [0.25, 0.3) is 0 Å². The summed E-state index contributed by atoms with van der Waals surface area (Å²) < 4.78 is 5.03. The molecule has 0 amide bonds. The van der Waals surface area contributed by atoms with Crippen LogP contribution in [0.3, 0.4) is 0 Å². The molecule has 4 heteroatoms. The number of ether oxygens (including phenoxy) is 1. The molecule has 4 nitrogen and oxygen atoms in total. The number of carboxylic acids is 1. The third-order valence-corrected chi connectivity index (χ3v) is 3.38. The van der Waals surface area contributed by atoms with Crippen LogP contribution in [0.2, 0.25) is 0 Å². The van der Waals surface area contributed by atoms with Crippen LogP contribution in [0.4, 0.5) is 0 Å². The molecule has 1 aromatic rings. The molecule has 0 bridgehead atoms. The highest BCUT2D eigenvalue weighted by Gasteiger charge is 2.24. The predicted octanol–water partition coefficient (Wildman–Crippen LogP) is 3.40. The van der Waals surface area contributed by atoms with Crippen LogP contribution in [0.15, 0.2) is 24.3 Å². The number of hydrogen-bond acceptors (Lipinski definition) is 3. The Kier molecular flexibility index (Phi) is 6.40. The molecule has 21 heavy (non-hydrogen) atoms. The standard InChI is InChI=1S/C17H24O4/c1-5-15(16(18)19)21-17(20)12(4)14-8-6-13(7-9-14)10-11(2)3/h6-9,11-12,15H,5,10H2,1-4H3,(H,18,19)/t12?,15-/m1/s1. The molecule has 116 valence electrons. The number of carbonyl (C=O) groups is 2. The van der Waals surface area contributed by atoms with Crippen LogP contribution in [0.5, 0.6) is 0 Å². The largest absolute Gasteiger partial charge is 0.479 e. The molecule has 1 N–H and O–H groups in total. The molecule has 0 fully saturated rings. The Morgan fingerprint density at radius 3 is 2.14 bits per heavy atom. The Hall–Kier alpha value is -1.84. The summed E-state index contributed by atoms with van der Waals surface area (Å²) in [5.74, 6) is -1.49. The molecule has 0 aromatic heterocycles. The molecule has 0 spiro atoms. The molecule has 0 saturated carbocycles. The van der Waals surface area contributed by atoms with Gasteiger partial charge in [-0.2, -0.15) is 0 Å². The summed E-state index contributed by atoms with van der Waals surface area (Å²) in [5, 5.41) is 8.92. The van der Waals surface area contributed by atoms with Gasteiger partial charge in [0.15, 0.2) is 6.10 Å². The number of carbonyl (C=O) groups excluding carboxylic acids is 1. The van der Waals surface area contributed by atoms with Crippen LogP contribution in [-0.4, -0.2) is 23.1 Å². The van der Waals surface area contributed by atoms with E-state index >= 15 is 0 Å². The summed E-state index contributed by atoms with van der Waals surface area (Å²) in [6, 6.07) is 7.83. The SMILES string of the molecule is CC[C@@H](OC(=O)C(C)c1ccc(CC(C)C)cc1)C(=O)O. The van der Waals surface area contributed by atoms with Crippen LogP contribution in [0, 0.1) is 5.92 Å². The molecule has 1 rings (SSSR count). The van der Waals surface area contributed by atoms with Crippen LogP contribution in [0.25, 0.3) is 0 Å². The van der Waals surface area contributed by atoms with E-state index in [9.17, 15) is 9.59 Å². The van der Waals surface area contributed by atoms with E-state index in [4.69, 9.17) is 9.84 Å². The van der Waals surface area contributed by atoms with Crippen molar-refractivity contribution in [3.05, 3.63) is 35.4 Å². The maximum absolute atomic E-state index is 12.0. The van der Waals surface area contributed by atoms with E-state index in [1.807, 2.05) is 24.3 Å². The van der Waals surface area contributed by atoms with Gasteiger partial charge in [-0.25, -0.2) is 4.79 Å². The lowest BCUT2D eigenvalue weighted by atomic mass is 9.97. The van der Waals surface area contributed by atoms with Crippen molar-refractivity contribution in [3.8, 4) is 0 Å². The quantitative estimate of drug-likeness (QED) is 0.782. The van der Waals surface area contributed by atoms with Gasteiger partial charge >= 0.3 is 11.9 Å². The number of hydrogen-bond donors (Lipinski definition) is 1. The first-order chi connectivity index (χ1) is 9.85. The van der Waals surface area contributed by atoms with E-state index in [1.54, 1.807) is 13.8 Å². The highest BCUT2D eigenvalue weighted by Crippen LogP contribution is 2.20. The third-order valence-electron chi connectivity index (χ3n) is 3.38. The van der Waals surface area contributed by atoms with Crippen LogP contribution in [0.1, 0.15) is 51.2 Å². The van der Waals surface area contributed by atoms with Crippen molar-refractivity contribution < 1.29 is 19.4 Å². The molecule has 0 saturated heterocycles. The van der Waals surface area contributed by atoms with Gasteiger partial charge in [0.05, 0.1) is 5.92 Å². The zero-order valence-corrected chi connectivity index (χ0v) is 13.1. The van der Waals surface area contributed by atoms with Crippen molar-refractivity contribution >= 4 is 11.9 Å². The predicted molar refractivity (Wildman–Crippen MR) is 81.2 cm³/mol. The van der Waals surface area contributed by atoms with Crippen molar-refractivity contribution in [2.45, 2.75) is 52.6 Å². The first-order valence-electron chi connectivity index (χ1n) is 7.37. The van der Waals surface area contributed by atoms with Crippen LogP contribution >= 0.6 is 0 Å². The van der Waals surface area contributed by atoms with Gasteiger partial charge in [0.2, 0.25) is 0 Å². The van der Waals surface area contributed by atoms with Crippen LogP contribution in [-0.2, 0) is 20.7 Å². The van der Waals surface area contributed by atoms with Gasteiger partial charge in [-0.3, -0.25) is 4.79 Å². The van der Waals surface area contributed by atoms with Crippen molar-refractivity contribution in [1.29, 1.82) is 0 Å². The normalized spacial score (nSPS) is 13.8. The number of carboxylic acid groups (broad SMARTS) is 1. The number of esters is 1. The topological polar surface area (TPSA) is 63.6 Å². The maximum Gasteiger partial charge on any atom is 0.345 e. The maximum atomic E-state index is 12.0. The van der Waals surface area contributed by atoms with E-state index in [0.717, 1.165) is 12.0 Å². The molecule has 1 aromatic carbocycles. The molecular weight excluding hydrogens is 268 g/mol. The lowest BCUT2D eigenvalue weighted by Gasteiger charge is -2.16. The van der Waals surface area contributed by atoms with Gasteiger partial charge < -0.3 is 9.84 Å². The lowest BCUT2D eigenvalue weighted by Crippen LogP contribution is -2.28. The second-order valence-electron chi connectivity index (χ2n) is 5.73. The summed E-state index contributed by atoms with van der Waals surface area (Å²) in [5.41, 5.74) is 2.07. The van der Waals surface area contributed by atoms with Gasteiger partial charge in [-0.15, -0.1) is 0 Å². The Balaban J connectivity index is 2.71. The van der Waals surface area contributed by atoms with E-state index in [0.29, 0.717) is 5.92 Å². The first-order valence-corrected chi connectivity index (χ1v) is 7.37. The fraction of sp³-hybridized carbons (Fsp3) is 0.529. The van der Waals surface area contributed by atoms with Crippen molar-refractivity contribution in [2.75, 3.05) is 0 Å². The molecule has 0 radical (unpaired) electrons. The average molecular weight is 292 g/mol. The molecular formula is C17H24O4. The zero-order valence-electron chi connectivity index (χ0n) is 13.1. The fourth-order valence-electron chi connectivity index (χ4n) is 2.10. The summed E-state index contributed by atoms with van der Waals surface area (Å²) in [4.78, 5) is 22.9. The smallest absolute Gasteiger partial charge is 0.345 e. The van der Waals surface area contributed by atoms with Crippen molar-refractivity contribution in [1.82, 2.24) is 0 Å². The summed E-state index contributed by atoms with van der Waals surface area (Å²) >= 11 is 0. The second-order valence-corrected chi connectivity index (χ2v) is 5.73. The Labute approximate surface area is 126 Å². The molecule has 0 heterocycles. The molecule has 1 unspecified atom stereocenters. The zero-order chi connectivity index (χ0) is 16.0. The number of benzene rings is 1. The highest BCUT2D eigenvalue weighted by atomic mass is 16.6. The monoisotopic (exact) mass is 292 g/mol. The minimum Gasteiger partial charge on any atom is -0.479 e. The highest BCUT2D eigenvalue weighted by molar-refractivity contribution is 5.82. The van der Waals surface area contributed by atoms with E-state index in [1.165, 1.54) is 5.56 Å². The summed E-state index contributed by atoms with van der Waals surface area (Å²) in [7, 11) is 0. The summed E-state index contributed by atoms with van der Waals surface area (Å²) in [6.45, 7) is 7.72. The first kappa shape index (κ1) is 17.2. The van der Waals surface area contributed by atoms with Crippen LogP contribution < -0.4 is 0 Å². The van der Waals surface area contributed by atoms with Gasteiger partial charge in [0, 0.05) is 0 Å². The van der Waals surface area contributed by atoms with E-state index < -0.39 is 24.0 Å². The van der Waals surface area contributed by atoms with E-state index in [-0.39, 0.29) is 6.42 Å². The van der Waals surface area contributed by atoms with Gasteiger partial charge in [-0.1, -0.05) is 45.0 Å². The second kappa shape index (κ2) is 7.81. The Bertz CT molecular complexity index is 476. The minimum absolute atomic E-state index is 0.265. The number of aliphatic carboxylic acids is 1. The lowest BCUT2D eigenvalue weighted by molar-refractivity contribution is -0.165. The Morgan fingerprint density at radius 1 is 1.14 bits per heavy atom. The average Bonchev–Trinajstić information content (AvgIpc) is 2.43. The molecule has 2 atom stereocenters. The number of rotatable bonds is 7. The van der Waals surface area contributed by atoms with Gasteiger partial charge in [0.1, 0.15) is 0 Å². The molecule has 0 aliphatic carbocycles.